The van der Waals surface area contributed by atoms with Crippen molar-refractivity contribution in [3.05, 3.63) is 59.7 Å². The SMILES string of the molecule is Cc1cccc(C)c1OC(=O)Nc1ccccc1. The summed E-state index contributed by atoms with van der Waals surface area (Å²) in [4.78, 5) is 11.8. The number of carbonyl (C=O) groups is 1. The van der Waals surface area contributed by atoms with E-state index in [0.717, 1.165) is 11.1 Å². The minimum atomic E-state index is -0.474. The van der Waals surface area contributed by atoms with E-state index in [9.17, 15) is 4.79 Å². The smallest absolute Gasteiger partial charge is 0.410 e. The molecule has 0 aliphatic heterocycles. The van der Waals surface area contributed by atoms with Gasteiger partial charge in [0.1, 0.15) is 5.75 Å². The molecule has 0 saturated carbocycles. The third-order valence-corrected chi connectivity index (χ3v) is 2.62. The second-order valence-electron chi connectivity index (χ2n) is 4.10. The second-order valence-corrected chi connectivity index (χ2v) is 4.10. The van der Waals surface area contributed by atoms with E-state index in [1.807, 2.05) is 62.4 Å². The molecule has 18 heavy (non-hydrogen) atoms. The zero-order valence-electron chi connectivity index (χ0n) is 10.4. The van der Waals surface area contributed by atoms with Gasteiger partial charge in [0, 0.05) is 5.69 Å². The van der Waals surface area contributed by atoms with E-state index in [2.05, 4.69) is 5.32 Å². The van der Waals surface area contributed by atoms with Crippen molar-refractivity contribution in [2.45, 2.75) is 13.8 Å². The van der Waals surface area contributed by atoms with Gasteiger partial charge in [-0.15, -0.1) is 0 Å². The highest BCUT2D eigenvalue weighted by molar-refractivity contribution is 5.86. The van der Waals surface area contributed by atoms with Crippen LogP contribution in [0.2, 0.25) is 0 Å². The molecule has 3 nitrogen and oxygen atoms in total. The van der Waals surface area contributed by atoms with Gasteiger partial charge in [-0.05, 0) is 37.1 Å². The molecule has 0 radical (unpaired) electrons. The molecular formula is C15H15NO2. The molecule has 0 aliphatic rings. The molecule has 3 heteroatoms. The van der Waals surface area contributed by atoms with Crippen LogP contribution in [-0.4, -0.2) is 6.09 Å². The first kappa shape index (κ1) is 12.2. The molecule has 2 aromatic rings. The summed E-state index contributed by atoms with van der Waals surface area (Å²) < 4.78 is 5.33. The lowest BCUT2D eigenvalue weighted by atomic mass is 10.1. The van der Waals surface area contributed by atoms with Gasteiger partial charge in [-0.25, -0.2) is 4.79 Å². The highest BCUT2D eigenvalue weighted by Gasteiger charge is 2.09. The van der Waals surface area contributed by atoms with Crippen LogP contribution in [0.15, 0.2) is 48.5 Å². The van der Waals surface area contributed by atoms with Crippen molar-refractivity contribution in [1.82, 2.24) is 0 Å². The Morgan fingerprint density at radius 2 is 1.56 bits per heavy atom. The van der Waals surface area contributed by atoms with Crippen molar-refractivity contribution in [1.29, 1.82) is 0 Å². The normalized spacial score (nSPS) is 9.89. The monoisotopic (exact) mass is 241 g/mol. The number of carbonyl (C=O) groups excluding carboxylic acids is 1. The Morgan fingerprint density at radius 1 is 0.944 bits per heavy atom. The van der Waals surface area contributed by atoms with E-state index >= 15 is 0 Å². The van der Waals surface area contributed by atoms with Gasteiger partial charge in [0.2, 0.25) is 0 Å². The van der Waals surface area contributed by atoms with Crippen LogP contribution in [0.4, 0.5) is 10.5 Å². The number of para-hydroxylation sites is 2. The van der Waals surface area contributed by atoms with Crippen LogP contribution >= 0.6 is 0 Å². The molecule has 0 aliphatic carbocycles. The van der Waals surface area contributed by atoms with E-state index < -0.39 is 6.09 Å². The Hall–Kier alpha value is -2.29. The fourth-order valence-corrected chi connectivity index (χ4v) is 1.72. The van der Waals surface area contributed by atoms with Crippen molar-refractivity contribution in [3.63, 3.8) is 0 Å². The fourth-order valence-electron chi connectivity index (χ4n) is 1.72. The van der Waals surface area contributed by atoms with E-state index in [0.29, 0.717) is 11.4 Å². The summed E-state index contributed by atoms with van der Waals surface area (Å²) in [5, 5.41) is 2.68. The lowest BCUT2D eigenvalue weighted by Gasteiger charge is -2.10. The molecule has 2 aromatic carbocycles. The topological polar surface area (TPSA) is 38.3 Å². The highest BCUT2D eigenvalue weighted by atomic mass is 16.6. The molecule has 0 atom stereocenters. The third-order valence-electron chi connectivity index (χ3n) is 2.62. The maximum atomic E-state index is 11.8. The van der Waals surface area contributed by atoms with Crippen LogP contribution in [-0.2, 0) is 0 Å². The molecule has 1 N–H and O–H groups in total. The van der Waals surface area contributed by atoms with Gasteiger partial charge < -0.3 is 4.74 Å². The summed E-state index contributed by atoms with van der Waals surface area (Å²) in [5.41, 5.74) is 2.60. The number of benzene rings is 2. The first-order chi connectivity index (χ1) is 8.66. The Morgan fingerprint density at radius 3 is 2.17 bits per heavy atom. The van der Waals surface area contributed by atoms with Gasteiger partial charge >= 0.3 is 6.09 Å². The summed E-state index contributed by atoms with van der Waals surface area (Å²) in [6.07, 6.45) is -0.474. The zero-order chi connectivity index (χ0) is 13.0. The van der Waals surface area contributed by atoms with Gasteiger partial charge in [0.25, 0.3) is 0 Å². The molecule has 1 amide bonds. The average Bonchev–Trinajstić information content (AvgIpc) is 2.35. The molecule has 2 rings (SSSR count). The zero-order valence-corrected chi connectivity index (χ0v) is 10.4. The molecule has 0 heterocycles. The Kier molecular flexibility index (Phi) is 3.63. The fraction of sp³-hybridized carbons (Fsp3) is 0.133. The lowest BCUT2D eigenvalue weighted by molar-refractivity contribution is 0.214. The summed E-state index contributed by atoms with van der Waals surface area (Å²) in [6, 6.07) is 15.0. The van der Waals surface area contributed by atoms with Crippen LogP contribution in [0, 0.1) is 13.8 Å². The maximum Gasteiger partial charge on any atom is 0.417 e. The Balaban J connectivity index is 2.08. The third kappa shape index (κ3) is 2.88. The average molecular weight is 241 g/mol. The Labute approximate surface area is 106 Å². The predicted molar refractivity (Wildman–Crippen MR) is 72.0 cm³/mol. The van der Waals surface area contributed by atoms with E-state index in [1.54, 1.807) is 0 Å². The number of rotatable bonds is 2. The van der Waals surface area contributed by atoms with Crippen LogP contribution in [0.5, 0.6) is 5.75 Å². The molecule has 0 bridgehead atoms. The highest BCUT2D eigenvalue weighted by Crippen LogP contribution is 2.22. The summed E-state index contributed by atoms with van der Waals surface area (Å²) in [6.45, 7) is 3.83. The van der Waals surface area contributed by atoms with E-state index in [1.165, 1.54) is 0 Å². The molecule has 0 aromatic heterocycles. The molecular weight excluding hydrogens is 226 g/mol. The molecule has 0 saturated heterocycles. The largest absolute Gasteiger partial charge is 0.417 e. The number of amides is 1. The first-order valence-electron chi connectivity index (χ1n) is 5.77. The summed E-state index contributed by atoms with van der Waals surface area (Å²) in [7, 11) is 0. The number of nitrogens with one attached hydrogen (secondary N) is 1. The van der Waals surface area contributed by atoms with Gasteiger partial charge in [-0.3, -0.25) is 5.32 Å². The van der Waals surface area contributed by atoms with E-state index in [4.69, 9.17) is 4.74 Å². The summed E-state index contributed by atoms with van der Waals surface area (Å²) >= 11 is 0. The number of aryl methyl sites for hydroxylation is 2. The Bertz CT molecular complexity index is 529. The van der Waals surface area contributed by atoms with Gasteiger partial charge in [-0.2, -0.15) is 0 Å². The lowest BCUT2D eigenvalue weighted by Crippen LogP contribution is -2.17. The number of anilines is 1. The van der Waals surface area contributed by atoms with Crippen molar-refractivity contribution >= 4 is 11.8 Å². The minimum absolute atomic E-state index is 0.474. The summed E-state index contributed by atoms with van der Waals surface area (Å²) in [5.74, 6) is 0.617. The van der Waals surface area contributed by atoms with Gasteiger partial charge in [-0.1, -0.05) is 36.4 Å². The quantitative estimate of drug-likeness (QED) is 0.865. The van der Waals surface area contributed by atoms with Crippen LogP contribution in [0.25, 0.3) is 0 Å². The van der Waals surface area contributed by atoms with Crippen molar-refractivity contribution < 1.29 is 9.53 Å². The van der Waals surface area contributed by atoms with Crippen LogP contribution < -0.4 is 10.1 Å². The van der Waals surface area contributed by atoms with E-state index in [-0.39, 0.29) is 0 Å². The van der Waals surface area contributed by atoms with Crippen LogP contribution in [0.1, 0.15) is 11.1 Å². The molecule has 0 fully saturated rings. The first-order valence-corrected chi connectivity index (χ1v) is 5.77. The molecule has 0 unspecified atom stereocenters. The van der Waals surface area contributed by atoms with Crippen LogP contribution in [0.3, 0.4) is 0 Å². The van der Waals surface area contributed by atoms with Crippen molar-refractivity contribution in [2.24, 2.45) is 0 Å². The van der Waals surface area contributed by atoms with Crippen molar-refractivity contribution in [3.8, 4) is 5.75 Å². The molecule has 0 spiro atoms. The van der Waals surface area contributed by atoms with Crippen molar-refractivity contribution in [2.75, 3.05) is 5.32 Å². The predicted octanol–water partition coefficient (Wildman–Crippen LogP) is 3.91. The standard InChI is InChI=1S/C15H15NO2/c1-11-7-6-8-12(2)14(11)18-15(17)16-13-9-4-3-5-10-13/h3-10H,1-2H3,(H,16,17). The molecule has 92 valence electrons. The minimum Gasteiger partial charge on any atom is -0.410 e. The number of hydrogen-bond donors (Lipinski definition) is 1. The number of ether oxygens (including phenoxy) is 1. The van der Waals surface area contributed by atoms with Gasteiger partial charge in [0.05, 0.1) is 0 Å². The van der Waals surface area contributed by atoms with Gasteiger partial charge in [0.15, 0.2) is 0 Å². The second kappa shape index (κ2) is 5.36. The maximum absolute atomic E-state index is 11.8. The number of hydrogen-bond acceptors (Lipinski definition) is 2.